The number of nitrogens with zero attached hydrogens (tertiary/aromatic N) is 3. The lowest BCUT2D eigenvalue weighted by atomic mass is 10.3. The van der Waals surface area contributed by atoms with Gasteiger partial charge in [0.1, 0.15) is 12.4 Å². The molecule has 0 radical (unpaired) electrons. The largest absolute Gasteiger partial charge is 0.344 e. The highest BCUT2D eigenvalue weighted by Gasteiger charge is 2.16. The third-order valence-corrected chi connectivity index (χ3v) is 4.29. The molecule has 0 atom stereocenters. The number of halogens is 3. The summed E-state index contributed by atoms with van der Waals surface area (Å²) in [5.74, 6) is 1.21. The molecule has 7 heteroatoms. The lowest BCUT2D eigenvalue weighted by Crippen LogP contribution is -2.30. The summed E-state index contributed by atoms with van der Waals surface area (Å²) in [7, 11) is 1.77. The SMILES string of the molecule is CCN(C)C(=O)Cn1c(CCCl)nc2cc(Cl)c(Cl)cc21. The van der Waals surface area contributed by atoms with E-state index in [1.165, 1.54) is 0 Å². The number of hydrogen-bond donors (Lipinski definition) is 0. The van der Waals surface area contributed by atoms with Crippen LogP contribution in [0, 0.1) is 0 Å². The van der Waals surface area contributed by atoms with Gasteiger partial charge in [-0.3, -0.25) is 4.79 Å². The first-order valence-corrected chi connectivity index (χ1v) is 7.91. The Hall–Kier alpha value is -0.970. The van der Waals surface area contributed by atoms with Crippen molar-refractivity contribution in [2.24, 2.45) is 0 Å². The number of benzene rings is 1. The van der Waals surface area contributed by atoms with E-state index in [0.717, 1.165) is 16.9 Å². The quantitative estimate of drug-likeness (QED) is 0.774. The molecule has 1 amide bonds. The highest BCUT2D eigenvalue weighted by atomic mass is 35.5. The molecule has 114 valence electrons. The molecule has 1 aromatic heterocycles. The van der Waals surface area contributed by atoms with Gasteiger partial charge in [-0.05, 0) is 19.1 Å². The molecule has 1 heterocycles. The van der Waals surface area contributed by atoms with Gasteiger partial charge in [0.15, 0.2) is 0 Å². The molecule has 0 spiro atoms. The second-order valence-corrected chi connectivity index (χ2v) is 5.91. The monoisotopic (exact) mass is 347 g/mol. The van der Waals surface area contributed by atoms with E-state index in [0.29, 0.717) is 28.9 Å². The number of carbonyl (C=O) groups excluding carboxylic acids is 1. The smallest absolute Gasteiger partial charge is 0.242 e. The molecule has 0 unspecified atom stereocenters. The number of hydrogen-bond acceptors (Lipinski definition) is 2. The molecule has 0 fully saturated rings. The van der Waals surface area contributed by atoms with Gasteiger partial charge < -0.3 is 9.47 Å². The van der Waals surface area contributed by atoms with Gasteiger partial charge in [-0.25, -0.2) is 4.98 Å². The Labute approximate surface area is 138 Å². The number of amides is 1. The normalized spacial score (nSPS) is 11.1. The van der Waals surface area contributed by atoms with Crippen molar-refractivity contribution in [3.05, 3.63) is 28.0 Å². The fourth-order valence-electron chi connectivity index (χ4n) is 2.05. The van der Waals surface area contributed by atoms with Gasteiger partial charge in [-0.2, -0.15) is 0 Å². The van der Waals surface area contributed by atoms with Crippen molar-refractivity contribution in [1.82, 2.24) is 14.5 Å². The summed E-state index contributed by atoms with van der Waals surface area (Å²) in [6.07, 6.45) is 0.578. The third kappa shape index (κ3) is 3.44. The zero-order valence-electron chi connectivity index (χ0n) is 11.9. The first-order valence-electron chi connectivity index (χ1n) is 6.62. The fourth-order valence-corrected chi connectivity index (χ4v) is 2.54. The summed E-state index contributed by atoms with van der Waals surface area (Å²) >= 11 is 17.9. The second kappa shape index (κ2) is 6.86. The Morgan fingerprint density at radius 2 is 2.00 bits per heavy atom. The lowest BCUT2D eigenvalue weighted by Gasteiger charge is -2.16. The predicted molar refractivity (Wildman–Crippen MR) is 87.5 cm³/mol. The summed E-state index contributed by atoms with van der Waals surface area (Å²) in [4.78, 5) is 18.3. The Morgan fingerprint density at radius 1 is 1.33 bits per heavy atom. The highest BCUT2D eigenvalue weighted by molar-refractivity contribution is 6.42. The van der Waals surface area contributed by atoms with E-state index in [1.807, 2.05) is 11.5 Å². The van der Waals surface area contributed by atoms with Crippen molar-refractivity contribution in [3.8, 4) is 0 Å². The third-order valence-electron chi connectivity index (χ3n) is 3.38. The van der Waals surface area contributed by atoms with E-state index in [-0.39, 0.29) is 12.5 Å². The van der Waals surface area contributed by atoms with Crippen molar-refractivity contribution in [2.75, 3.05) is 19.5 Å². The van der Waals surface area contributed by atoms with E-state index >= 15 is 0 Å². The van der Waals surface area contributed by atoms with Gasteiger partial charge in [0, 0.05) is 25.9 Å². The molecule has 0 N–H and O–H groups in total. The number of aryl methyl sites for hydroxylation is 1. The van der Waals surface area contributed by atoms with Crippen molar-refractivity contribution in [1.29, 1.82) is 0 Å². The van der Waals surface area contributed by atoms with Gasteiger partial charge in [0.25, 0.3) is 0 Å². The standard InChI is InChI=1S/C14H16Cl3N3O/c1-3-19(2)14(21)8-20-12-7-10(17)9(16)6-11(12)18-13(20)4-5-15/h6-7H,3-5,8H2,1-2H3. The Morgan fingerprint density at radius 3 is 2.62 bits per heavy atom. The second-order valence-electron chi connectivity index (χ2n) is 4.72. The Balaban J connectivity index is 2.50. The van der Waals surface area contributed by atoms with Crippen LogP contribution in [0.4, 0.5) is 0 Å². The fraction of sp³-hybridized carbons (Fsp3) is 0.429. The number of fused-ring (bicyclic) bond motifs is 1. The molecule has 0 saturated heterocycles. The number of imidazole rings is 1. The predicted octanol–water partition coefficient (Wildman–Crippen LogP) is 3.60. The van der Waals surface area contributed by atoms with Crippen LogP contribution in [0.1, 0.15) is 12.7 Å². The Kier molecular flexibility index (Phi) is 5.36. The minimum atomic E-state index is 0.0127. The van der Waals surface area contributed by atoms with E-state index in [4.69, 9.17) is 34.8 Å². The minimum absolute atomic E-state index is 0.0127. The number of aromatic nitrogens is 2. The van der Waals surface area contributed by atoms with Gasteiger partial charge in [0.05, 0.1) is 21.1 Å². The lowest BCUT2D eigenvalue weighted by molar-refractivity contribution is -0.130. The van der Waals surface area contributed by atoms with Crippen LogP contribution in [-0.4, -0.2) is 39.8 Å². The molecular formula is C14H16Cl3N3O. The van der Waals surface area contributed by atoms with Gasteiger partial charge in [-0.1, -0.05) is 23.2 Å². The van der Waals surface area contributed by atoms with Crippen molar-refractivity contribution < 1.29 is 4.79 Å². The summed E-state index contributed by atoms with van der Waals surface area (Å²) in [5, 5.41) is 0.891. The minimum Gasteiger partial charge on any atom is -0.344 e. The van der Waals surface area contributed by atoms with Crippen LogP contribution in [0.25, 0.3) is 11.0 Å². The molecule has 2 aromatic rings. The maximum Gasteiger partial charge on any atom is 0.242 e. The van der Waals surface area contributed by atoms with E-state index in [9.17, 15) is 4.79 Å². The molecule has 0 bridgehead atoms. The van der Waals surface area contributed by atoms with Crippen LogP contribution in [0.2, 0.25) is 10.0 Å². The van der Waals surface area contributed by atoms with E-state index < -0.39 is 0 Å². The van der Waals surface area contributed by atoms with Gasteiger partial charge >= 0.3 is 0 Å². The number of alkyl halides is 1. The molecule has 2 rings (SSSR count). The van der Waals surface area contributed by atoms with Crippen LogP contribution in [-0.2, 0) is 17.8 Å². The average Bonchev–Trinajstić information content (AvgIpc) is 2.76. The zero-order valence-corrected chi connectivity index (χ0v) is 14.1. The van der Waals surface area contributed by atoms with Crippen molar-refractivity contribution in [3.63, 3.8) is 0 Å². The van der Waals surface area contributed by atoms with Crippen molar-refractivity contribution >= 4 is 51.7 Å². The first-order chi connectivity index (χ1) is 9.97. The van der Waals surface area contributed by atoms with Crippen LogP contribution in [0.15, 0.2) is 12.1 Å². The number of carbonyl (C=O) groups is 1. The Bertz CT molecular complexity index is 669. The molecule has 0 aliphatic heterocycles. The topological polar surface area (TPSA) is 38.1 Å². The summed E-state index contributed by atoms with van der Waals surface area (Å²) in [5.41, 5.74) is 1.51. The molecule has 0 aliphatic rings. The number of likely N-dealkylation sites (N-methyl/N-ethyl adjacent to an activating group) is 1. The van der Waals surface area contributed by atoms with Gasteiger partial charge in [-0.15, -0.1) is 11.6 Å². The molecular weight excluding hydrogens is 333 g/mol. The molecule has 4 nitrogen and oxygen atoms in total. The average molecular weight is 349 g/mol. The van der Waals surface area contributed by atoms with Gasteiger partial charge in [0.2, 0.25) is 5.91 Å². The molecule has 0 aliphatic carbocycles. The highest BCUT2D eigenvalue weighted by Crippen LogP contribution is 2.28. The van der Waals surface area contributed by atoms with Crippen LogP contribution in [0.3, 0.4) is 0 Å². The van der Waals surface area contributed by atoms with Crippen LogP contribution >= 0.6 is 34.8 Å². The van der Waals surface area contributed by atoms with E-state index in [2.05, 4.69) is 4.98 Å². The van der Waals surface area contributed by atoms with E-state index in [1.54, 1.807) is 24.1 Å². The number of rotatable bonds is 5. The van der Waals surface area contributed by atoms with Crippen LogP contribution in [0.5, 0.6) is 0 Å². The molecule has 21 heavy (non-hydrogen) atoms. The maximum atomic E-state index is 12.2. The zero-order chi connectivity index (χ0) is 15.6. The summed E-state index contributed by atoms with van der Waals surface area (Å²) < 4.78 is 1.86. The first kappa shape index (κ1) is 16.4. The summed E-state index contributed by atoms with van der Waals surface area (Å²) in [6.45, 7) is 2.80. The maximum absolute atomic E-state index is 12.2. The summed E-state index contributed by atoms with van der Waals surface area (Å²) in [6, 6.07) is 3.45. The van der Waals surface area contributed by atoms with Crippen LogP contribution < -0.4 is 0 Å². The molecule has 1 aromatic carbocycles. The molecule has 0 saturated carbocycles. The van der Waals surface area contributed by atoms with Crippen molar-refractivity contribution in [2.45, 2.75) is 19.9 Å².